The quantitative estimate of drug-likeness (QED) is 0.854. The molecule has 28 heavy (non-hydrogen) atoms. The Balaban J connectivity index is 1.59. The summed E-state index contributed by atoms with van der Waals surface area (Å²) >= 11 is 0. The molecule has 1 aromatic carbocycles. The molecule has 1 N–H and O–H groups in total. The van der Waals surface area contributed by atoms with Crippen molar-refractivity contribution in [2.45, 2.75) is 25.8 Å². The van der Waals surface area contributed by atoms with E-state index < -0.39 is 0 Å². The van der Waals surface area contributed by atoms with E-state index in [1.54, 1.807) is 24.1 Å². The summed E-state index contributed by atoms with van der Waals surface area (Å²) in [6.45, 7) is 3.28. The van der Waals surface area contributed by atoms with Gasteiger partial charge in [-0.3, -0.25) is 4.79 Å². The molecule has 8 nitrogen and oxygen atoms in total. The van der Waals surface area contributed by atoms with Crippen molar-refractivity contribution < 1.29 is 14.3 Å². The third kappa shape index (κ3) is 4.76. The van der Waals surface area contributed by atoms with Crippen LogP contribution in [0.5, 0.6) is 0 Å². The summed E-state index contributed by atoms with van der Waals surface area (Å²) in [5, 5.41) is 3.01. The van der Waals surface area contributed by atoms with E-state index in [0.717, 1.165) is 5.69 Å². The van der Waals surface area contributed by atoms with Crippen LogP contribution in [-0.4, -0.2) is 59.7 Å². The number of anilines is 2. The maximum Gasteiger partial charge on any atom is 0.409 e. The average Bonchev–Trinajstić information content (AvgIpc) is 2.74. The number of hydrogen-bond donors (Lipinski definition) is 1. The number of likely N-dealkylation sites (tertiary alicyclic amines) is 1. The van der Waals surface area contributed by atoms with Crippen LogP contribution in [0.4, 0.5) is 16.4 Å². The Bertz CT molecular complexity index is 806. The van der Waals surface area contributed by atoms with Crippen molar-refractivity contribution in [1.82, 2.24) is 20.2 Å². The fraction of sp³-hybridized carbons (Fsp3) is 0.400. The van der Waals surface area contributed by atoms with Gasteiger partial charge in [0, 0.05) is 38.1 Å². The summed E-state index contributed by atoms with van der Waals surface area (Å²) in [7, 11) is 1.86. The molecule has 0 radical (unpaired) electrons. The predicted molar refractivity (Wildman–Crippen MR) is 106 cm³/mol. The Morgan fingerprint density at radius 1 is 1.21 bits per heavy atom. The zero-order valence-electron chi connectivity index (χ0n) is 16.2. The molecular weight excluding hydrogens is 358 g/mol. The first-order chi connectivity index (χ1) is 13.6. The zero-order chi connectivity index (χ0) is 19.9. The number of aromatic nitrogens is 2. The van der Waals surface area contributed by atoms with Crippen LogP contribution in [0.25, 0.3) is 0 Å². The summed E-state index contributed by atoms with van der Waals surface area (Å²) in [5.41, 5.74) is 1.26. The second-order valence-electron chi connectivity index (χ2n) is 6.57. The van der Waals surface area contributed by atoms with Gasteiger partial charge in [-0.1, -0.05) is 18.2 Å². The highest BCUT2D eigenvalue weighted by molar-refractivity contribution is 5.92. The van der Waals surface area contributed by atoms with Crippen LogP contribution in [0.15, 0.2) is 42.6 Å². The highest BCUT2D eigenvalue weighted by Gasteiger charge is 2.25. The van der Waals surface area contributed by atoms with Crippen molar-refractivity contribution in [3.8, 4) is 0 Å². The number of nitrogens with zero attached hydrogens (tertiary/aromatic N) is 4. The molecule has 0 atom stereocenters. The SMILES string of the molecule is CCOC(=O)N1CCC(NC(=O)c2ccnc(N(C)c3ccccc3)n2)CC1. The first-order valence-corrected chi connectivity index (χ1v) is 9.43. The van der Waals surface area contributed by atoms with E-state index in [1.165, 1.54) is 0 Å². The lowest BCUT2D eigenvalue weighted by Gasteiger charge is -2.31. The molecule has 2 heterocycles. The topological polar surface area (TPSA) is 87.7 Å². The van der Waals surface area contributed by atoms with E-state index >= 15 is 0 Å². The van der Waals surface area contributed by atoms with E-state index in [2.05, 4.69) is 15.3 Å². The van der Waals surface area contributed by atoms with Crippen molar-refractivity contribution in [3.05, 3.63) is 48.3 Å². The minimum atomic E-state index is -0.295. The smallest absolute Gasteiger partial charge is 0.409 e. The van der Waals surface area contributed by atoms with Gasteiger partial charge in [-0.05, 0) is 38.0 Å². The lowest BCUT2D eigenvalue weighted by Crippen LogP contribution is -2.46. The Morgan fingerprint density at radius 2 is 1.93 bits per heavy atom. The number of benzene rings is 1. The highest BCUT2D eigenvalue weighted by atomic mass is 16.6. The number of carbonyl (C=O) groups is 2. The number of para-hydroxylation sites is 1. The molecule has 2 amide bonds. The van der Waals surface area contributed by atoms with Crippen molar-refractivity contribution in [3.63, 3.8) is 0 Å². The number of amides is 2. The van der Waals surface area contributed by atoms with Crippen molar-refractivity contribution in [2.75, 3.05) is 31.6 Å². The normalized spacial score (nSPS) is 14.4. The molecular formula is C20H25N5O3. The van der Waals surface area contributed by atoms with Crippen LogP contribution >= 0.6 is 0 Å². The molecule has 1 aliphatic rings. The number of carbonyl (C=O) groups excluding carboxylic acids is 2. The van der Waals surface area contributed by atoms with Gasteiger partial charge in [0.1, 0.15) is 5.69 Å². The minimum Gasteiger partial charge on any atom is -0.450 e. The fourth-order valence-electron chi connectivity index (χ4n) is 3.08. The Morgan fingerprint density at radius 3 is 2.61 bits per heavy atom. The van der Waals surface area contributed by atoms with Gasteiger partial charge in [-0.2, -0.15) is 0 Å². The maximum absolute atomic E-state index is 12.6. The van der Waals surface area contributed by atoms with E-state index in [9.17, 15) is 9.59 Å². The van der Waals surface area contributed by atoms with Gasteiger partial charge in [-0.15, -0.1) is 0 Å². The van der Waals surface area contributed by atoms with Gasteiger partial charge in [-0.25, -0.2) is 14.8 Å². The summed E-state index contributed by atoms with van der Waals surface area (Å²) in [5.74, 6) is 0.218. The van der Waals surface area contributed by atoms with Crippen LogP contribution in [0.3, 0.4) is 0 Å². The monoisotopic (exact) mass is 383 g/mol. The van der Waals surface area contributed by atoms with Gasteiger partial charge in [0.05, 0.1) is 6.61 Å². The molecule has 2 aromatic rings. The van der Waals surface area contributed by atoms with Crippen LogP contribution in [0, 0.1) is 0 Å². The number of piperidine rings is 1. The summed E-state index contributed by atoms with van der Waals surface area (Å²) in [6.07, 6.45) is 2.66. The molecule has 148 valence electrons. The van der Waals surface area contributed by atoms with Crippen molar-refractivity contribution >= 4 is 23.6 Å². The van der Waals surface area contributed by atoms with Crippen LogP contribution in [-0.2, 0) is 4.74 Å². The van der Waals surface area contributed by atoms with Gasteiger partial charge in [0.2, 0.25) is 5.95 Å². The van der Waals surface area contributed by atoms with Gasteiger partial charge >= 0.3 is 6.09 Å². The molecule has 0 saturated carbocycles. The molecule has 0 unspecified atom stereocenters. The molecule has 1 saturated heterocycles. The molecule has 3 rings (SSSR count). The van der Waals surface area contributed by atoms with Gasteiger partial charge < -0.3 is 19.9 Å². The minimum absolute atomic E-state index is 0.00319. The second-order valence-corrected chi connectivity index (χ2v) is 6.57. The zero-order valence-corrected chi connectivity index (χ0v) is 16.2. The third-order valence-corrected chi connectivity index (χ3v) is 4.68. The van der Waals surface area contributed by atoms with Crippen molar-refractivity contribution in [2.24, 2.45) is 0 Å². The Hall–Kier alpha value is -3.16. The lowest BCUT2D eigenvalue weighted by molar-refractivity contribution is 0.0856. The first kappa shape index (κ1) is 19.6. The predicted octanol–water partition coefficient (Wildman–Crippen LogP) is 2.60. The largest absolute Gasteiger partial charge is 0.450 e. The standard InChI is InChI=1S/C20H25N5O3/c1-3-28-20(27)25-13-10-15(11-14-25)22-18(26)17-9-12-21-19(23-17)24(2)16-7-5-4-6-8-16/h4-9,12,15H,3,10-11,13-14H2,1-2H3,(H,22,26). The molecule has 0 bridgehead atoms. The second kappa shape index (κ2) is 9.16. The average molecular weight is 383 g/mol. The molecule has 1 aromatic heterocycles. The molecule has 1 fully saturated rings. The Labute approximate surface area is 164 Å². The van der Waals surface area contributed by atoms with E-state index in [1.807, 2.05) is 42.3 Å². The fourth-order valence-corrected chi connectivity index (χ4v) is 3.08. The van der Waals surface area contributed by atoms with E-state index in [4.69, 9.17) is 4.74 Å². The van der Waals surface area contributed by atoms with Crippen LogP contribution in [0.2, 0.25) is 0 Å². The van der Waals surface area contributed by atoms with Gasteiger partial charge in [0.25, 0.3) is 5.91 Å². The van der Waals surface area contributed by atoms with Crippen LogP contribution < -0.4 is 10.2 Å². The molecule has 1 aliphatic heterocycles. The molecule has 0 aliphatic carbocycles. The Kier molecular flexibility index (Phi) is 6.41. The lowest BCUT2D eigenvalue weighted by atomic mass is 10.1. The van der Waals surface area contributed by atoms with Crippen molar-refractivity contribution in [1.29, 1.82) is 0 Å². The number of nitrogens with one attached hydrogen (secondary N) is 1. The summed E-state index contributed by atoms with van der Waals surface area (Å²) in [4.78, 5) is 36.5. The number of rotatable bonds is 5. The molecule has 0 spiro atoms. The third-order valence-electron chi connectivity index (χ3n) is 4.68. The van der Waals surface area contributed by atoms with E-state index in [0.29, 0.717) is 44.2 Å². The number of hydrogen-bond acceptors (Lipinski definition) is 6. The maximum atomic E-state index is 12.6. The van der Waals surface area contributed by atoms with E-state index in [-0.39, 0.29) is 18.0 Å². The number of ether oxygens (including phenoxy) is 1. The summed E-state index contributed by atoms with van der Waals surface area (Å²) < 4.78 is 5.02. The van der Waals surface area contributed by atoms with Gasteiger partial charge in [0.15, 0.2) is 0 Å². The highest BCUT2D eigenvalue weighted by Crippen LogP contribution is 2.19. The van der Waals surface area contributed by atoms with Crippen LogP contribution in [0.1, 0.15) is 30.3 Å². The first-order valence-electron chi connectivity index (χ1n) is 9.43. The summed E-state index contributed by atoms with van der Waals surface area (Å²) in [6, 6.07) is 11.3. The molecule has 8 heteroatoms.